The zero-order chi connectivity index (χ0) is 15.1. The predicted molar refractivity (Wildman–Crippen MR) is 78.3 cm³/mol. The number of halogens is 1. The summed E-state index contributed by atoms with van der Waals surface area (Å²) in [6.07, 6.45) is 1.50. The molecule has 0 saturated heterocycles. The topological polar surface area (TPSA) is 46.6 Å². The number of carbonyl (C=O) groups excluding carboxylic acids is 2. The van der Waals surface area contributed by atoms with Crippen LogP contribution in [0.15, 0.2) is 35.9 Å². The summed E-state index contributed by atoms with van der Waals surface area (Å²) in [5.41, 5.74) is 1.77. The van der Waals surface area contributed by atoms with Crippen molar-refractivity contribution in [1.82, 2.24) is 4.90 Å². The number of methoxy groups -OCH3 is 1. The Morgan fingerprint density at radius 2 is 1.85 bits per heavy atom. The van der Waals surface area contributed by atoms with E-state index in [1.807, 2.05) is 26.0 Å². The summed E-state index contributed by atoms with van der Waals surface area (Å²) in [6.45, 7) is 3.91. The minimum Gasteiger partial charge on any atom is -0.468 e. The Bertz CT molecular complexity index is 504. The first-order chi connectivity index (χ1) is 9.42. The van der Waals surface area contributed by atoms with Crippen molar-refractivity contribution in [2.75, 3.05) is 13.7 Å². The molecule has 0 atom stereocenters. The van der Waals surface area contributed by atoms with E-state index in [2.05, 4.69) is 4.74 Å². The van der Waals surface area contributed by atoms with E-state index < -0.39 is 5.97 Å². The number of carbonyl (C=O) groups is 2. The lowest BCUT2D eigenvalue weighted by Gasteiger charge is -2.20. The molecule has 20 heavy (non-hydrogen) atoms. The number of hydrogen-bond donors (Lipinski definition) is 0. The first-order valence-electron chi connectivity index (χ1n) is 6.17. The zero-order valence-electron chi connectivity index (χ0n) is 11.9. The molecule has 0 fully saturated rings. The van der Waals surface area contributed by atoms with Crippen LogP contribution in [-0.2, 0) is 20.9 Å². The summed E-state index contributed by atoms with van der Waals surface area (Å²) in [7, 11) is 1.30. The molecule has 0 aliphatic carbocycles. The number of allylic oxidation sites excluding steroid dienone is 1. The lowest BCUT2D eigenvalue weighted by atomic mass is 10.2. The number of amides is 1. The highest BCUT2D eigenvalue weighted by Crippen LogP contribution is 2.12. The highest BCUT2D eigenvalue weighted by molar-refractivity contribution is 6.30. The van der Waals surface area contributed by atoms with E-state index in [1.54, 1.807) is 12.1 Å². The Morgan fingerprint density at radius 3 is 2.35 bits per heavy atom. The molecule has 1 rings (SSSR count). The maximum Gasteiger partial charge on any atom is 0.325 e. The molecule has 0 aliphatic heterocycles. The molecule has 4 nitrogen and oxygen atoms in total. The predicted octanol–water partition coefficient (Wildman–Crippen LogP) is 2.81. The van der Waals surface area contributed by atoms with E-state index in [4.69, 9.17) is 11.6 Å². The van der Waals surface area contributed by atoms with Crippen LogP contribution < -0.4 is 0 Å². The normalized spacial score (nSPS) is 9.80. The van der Waals surface area contributed by atoms with Crippen LogP contribution in [0.1, 0.15) is 19.4 Å². The van der Waals surface area contributed by atoms with Gasteiger partial charge in [0.1, 0.15) is 6.54 Å². The van der Waals surface area contributed by atoms with Gasteiger partial charge in [0.05, 0.1) is 7.11 Å². The number of benzene rings is 1. The van der Waals surface area contributed by atoms with Gasteiger partial charge in [0.15, 0.2) is 0 Å². The second kappa shape index (κ2) is 7.70. The van der Waals surface area contributed by atoms with Crippen LogP contribution in [0, 0.1) is 0 Å². The second-order valence-electron chi connectivity index (χ2n) is 4.62. The van der Waals surface area contributed by atoms with Crippen molar-refractivity contribution >= 4 is 23.5 Å². The fourth-order valence-electron chi connectivity index (χ4n) is 1.58. The molecule has 0 heterocycles. The lowest BCUT2D eigenvalue weighted by Crippen LogP contribution is -2.34. The highest BCUT2D eigenvalue weighted by Gasteiger charge is 2.16. The fourth-order valence-corrected chi connectivity index (χ4v) is 1.71. The van der Waals surface area contributed by atoms with E-state index >= 15 is 0 Å². The Balaban J connectivity index is 2.86. The van der Waals surface area contributed by atoms with Crippen molar-refractivity contribution in [3.05, 3.63) is 46.5 Å². The third-order valence-corrected chi connectivity index (χ3v) is 2.81. The number of nitrogens with zero attached hydrogens (tertiary/aromatic N) is 1. The first kappa shape index (κ1) is 16.2. The van der Waals surface area contributed by atoms with Gasteiger partial charge in [-0.25, -0.2) is 0 Å². The molecule has 0 radical (unpaired) electrons. The van der Waals surface area contributed by atoms with Gasteiger partial charge in [0.25, 0.3) is 0 Å². The molecule has 0 saturated carbocycles. The maximum atomic E-state index is 12.1. The molecule has 0 spiro atoms. The van der Waals surface area contributed by atoms with Gasteiger partial charge in [-0.2, -0.15) is 0 Å². The van der Waals surface area contributed by atoms with Gasteiger partial charge < -0.3 is 9.64 Å². The Labute approximate surface area is 124 Å². The Hall–Kier alpha value is -1.81. The molecule has 1 aromatic carbocycles. The van der Waals surface area contributed by atoms with Crippen LogP contribution >= 0.6 is 11.6 Å². The molecule has 0 bridgehead atoms. The Morgan fingerprint density at radius 1 is 1.25 bits per heavy atom. The lowest BCUT2D eigenvalue weighted by molar-refractivity contribution is -0.145. The minimum absolute atomic E-state index is 0.0816. The molecule has 0 aliphatic rings. The second-order valence-corrected chi connectivity index (χ2v) is 5.06. The van der Waals surface area contributed by atoms with E-state index in [0.717, 1.165) is 11.1 Å². The molecule has 108 valence electrons. The average molecular weight is 296 g/mol. The summed E-state index contributed by atoms with van der Waals surface area (Å²) < 4.78 is 4.62. The largest absolute Gasteiger partial charge is 0.468 e. The fraction of sp³-hybridized carbons (Fsp3) is 0.333. The van der Waals surface area contributed by atoms with Gasteiger partial charge in [0, 0.05) is 17.6 Å². The average Bonchev–Trinajstić information content (AvgIpc) is 2.39. The van der Waals surface area contributed by atoms with Crippen LogP contribution in [0.25, 0.3) is 0 Å². The summed E-state index contributed by atoms with van der Waals surface area (Å²) in [5.74, 6) is -0.667. The molecular weight excluding hydrogens is 278 g/mol. The monoisotopic (exact) mass is 295 g/mol. The highest BCUT2D eigenvalue weighted by atomic mass is 35.5. The summed E-state index contributed by atoms with van der Waals surface area (Å²) in [4.78, 5) is 24.9. The molecule has 0 aromatic heterocycles. The van der Waals surface area contributed by atoms with Gasteiger partial charge in [-0.3, -0.25) is 9.59 Å². The number of rotatable bonds is 5. The van der Waals surface area contributed by atoms with Gasteiger partial charge in [-0.05, 0) is 31.5 Å². The third kappa shape index (κ3) is 5.45. The van der Waals surface area contributed by atoms with Crippen molar-refractivity contribution in [2.24, 2.45) is 0 Å². The minimum atomic E-state index is -0.450. The number of ether oxygens (including phenoxy) is 1. The molecule has 1 amide bonds. The maximum absolute atomic E-state index is 12.1. The number of hydrogen-bond acceptors (Lipinski definition) is 3. The molecule has 0 unspecified atom stereocenters. The van der Waals surface area contributed by atoms with E-state index in [9.17, 15) is 9.59 Å². The van der Waals surface area contributed by atoms with Crippen LogP contribution in [0.4, 0.5) is 0 Å². The number of esters is 1. The van der Waals surface area contributed by atoms with Crippen molar-refractivity contribution < 1.29 is 14.3 Å². The van der Waals surface area contributed by atoms with Crippen molar-refractivity contribution in [1.29, 1.82) is 0 Å². The molecule has 0 N–H and O–H groups in total. The molecular formula is C15H18ClNO3. The van der Waals surface area contributed by atoms with Crippen molar-refractivity contribution in [3.63, 3.8) is 0 Å². The smallest absolute Gasteiger partial charge is 0.325 e. The standard InChI is InChI=1S/C15H18ClNO3/c1-11(2)8-14(18)17(10-15(19)20-3)9-12-4-6-13(16)7-5-12/h4-8H,9-10H2,1-3H3. The van der Waals surface area contributed by atoms with Crippen molar-refractivity contribution in [3.8, 4) is 0 Å². The SMILES string of the molecule is COC(=O)CN(Cc1ccc(Cl)cc1)C(=O)C=C(C)C. The van der Waals surface area contributed by atoms with E-state index in [-0.39, 0.29) is 12.5 Å². The summed E-state index contributed by atoms with van der Waals surface area (Å²) in [5, 5.41) is 0.629. The third-order valence-electron chi connectivity index (χ3n) is 2.56. The molecule has 1 aromatic rings. The van der Waals surface area contributed by atoms with Crippen molar-refractivity contribution in [2.45, 2.75) is 20.4 Å². The van der Waals surface area contributed by atoms with Gasteiger partial charge in [0.2, 0.25) is 5.91 Å². The van der Waals surface area contributed by atoms with Crippen LogP contribution in [0.2, 0.25) is 5.02 Å². The van der Waals surface area contributed by atoms with Gasteiger partial charge in [-0.1, -0.05) is 29.3 Å². The summed E-state index contributed by atoms with van der Waals surface area (Å²) >= 11 is 5.82. The first-order valence-corrected chi connectivity index (χ1v) is 6.55. The zero-order valence-corrected chi connectivity index (χ0v) is 12.6. The van der Waals surface area contributed by atoms with E-state index in [1.165, 1.54) is 18.1 Å². The van der Waals surface area contributed by atoms with Gasteiger partial charge >= 0.3 is 5.97 Å². The van der Waals surface area contributed by atoms with Crippen LogP contribution in [0.3, 0.4) is 0 Å². The van der Waals surface area contributed by atoms with Gasteiger partial charge in [-0.15, -0.1) is 0 Å². The Kier molecular flexibility index (Phi) is 6.25. The van der Waals surface area contributed by atoms with Crippen LogP contribution in [-0.4, -0.2) is 30.4 Å². The quantitative estimate of drug-likeness (QED) is 0.620. The van der Waals surface area contributed by atoms with E-state index in [0.29, 0.717) is 11.6 Å². The summed E-state index contributed by atoms with van der Waals surface area (Å²) in [6, 6.07) is 7.14. The molecule has 5 heteroatoms. The van der Waals surface area contributed by atoms with Crippen LogP contribution in [0.5, 0.6) is 0 Å².